The summed E-state index contributed by atoms with van der Waals surface area (Å²) in [6, 6.07) is 27.9. The van der Waals surface area contributed by atoms with Crippen molar-refractivity contribution >= 4 is 21.7 Å². The Balaban J connectivity index is 0.00000144. The van der Waals surface area contributed by atoms with Crippen molar-refractivity contribution in [1.82, 2.24) is 0 Å². The van der Waals surface area contributed by atoms with Gasteiger partial charge in [0.25, 0.3) is 0 Å². The SMILES string of the molecule is C[n+]1c(-c2ccccc2)c2ccccc2c2ccccc21.[I-]. The zero-order valence-corrected chi connectivity index (χ0v) is 14.5. The van der Waals surface area contributed by atoms with Crippen LogP contribution in [-0.2, 0) is 7.05 Å². The molecular formula is C20H16IN. The van der Waals surface area contributed by atoms with Crippen LogP contribution in [0.5, 0.6) is 0 Å². The minimum Gasteiger partial charge on any atom is -1.00 e. The van der Waals surface area contributed by atoms with Crippen LogP contribution in [0.1, 0.15) is 0 Å². The van der Waals surface area contributed by atoms with E-state index in [1.165, 1.54) is 32.9 Å². The van der Waals surface area contributed by atoms with Gasteiger partial charge < -0.3 is 24.0 Å². The lowest BCUT2D eigenvalue weighted by atomic mass is 9.99. The second-order valence-corrected chi connectivity index (χ2v) is 5.34. The van der Waals surface area contributed by atoms with Crippen molar-refractivity contribution in [2.45, 2.75) is 0 Å². The van der Waals surface area contributed by atoms with Crippen molar-refractivity contribution < 1.29 is 28.5 Å². The molecule has 0 N–H and O–H groups in total. The number of aryl methyl sites for hydroxylation is 1. The Morgan fingerprint density at radius 2 is 1.14 bits per heavy atom. The number of benzene rings is 3. The fraction of sp³-hybridized carbons (Fsp3) is 0.0500. The van der Waals surface area contributed by atoms with E-state index in [9.17, 15) is 0 Å². The van der Waals surface area contributed by atoms with Gasteiger partial charge in [0.15, 0.2) is 0 Å². The van der Waals surface area contributed by atoms with Crippen LogP contribution in [0.3, 0.4) is 0 Å². The van der Waals surface area contributed by atoms with Gasteiger partial charge in [0.2, 0.25) is 11.2 Å². The summed E-state index contributed by atoms with van der Waals surface area (Å²) in [4.78, 5) is 0. The number of hydrogen-bond donors (Lipinski definition) is 0. The first-order chi connectivity index (χ1) is 10.4. The lowest BCUT2D eigenvalue weighted by molar-refractivity contribution is -0.632. The molecule has 0 fully saturated rings. The number of fused-ring (bicyclic) bond motifs is 3. The third-order valence-corrected chi connectivity index (χ3v) is 4.12. The van der Waals surface area contributed by atoms with Gasteiger partial charge in [-0.15, -0.1) is 0 Å². The normalized spacial score (nSPS) is 10.6. The largest absolute Gasteiger partial charge is 1.00 e. The van der Waals surface area contributed by atoms with Gasteiger partial charge in [-0.25, -0.2) is 0 Å². The monoisotopic (exact) mass is 397 g/mol. The summed E-state index contributed by atoms with van der Waals surface area (Å²) in [6.45, 7) is 0. The van der Waals surface area contributed by atoms with Crippen LogP contribution >= 0.6 is 0 Å². The average Bonchev–Trinajstić information content (AvgIpc) is 2.56. The molecular weight excluding hydrogens is 381 g/mol. The number of aromatic nitrogens is 1. The van der Waals surface area contributed by atoms with Crippen molar-refractivity contribution in [2.75, 3.05) is 0 Å². The number of rotatable bonds is 1. The molecule has 0 aliphatic heterocycles. The van der Waals surface area contributed by atoms with Crippen molar-refractivity contribution in [3.05, 3.63) is 78.9 Å². The number of nitrogens with zero attached hydrogens (tertiary/aromatic N) is 1. The fourth-order valence-electron chi connectivity index (χ4n) is 3.16. The van der Waals surface area contributed by atoms with E-state index in [-0.39, 0.29) is 24.0 Å². The van der Waals surface area contributed by atoms with E-state index in [0.29, 0.717) is 0 Å². The quantitative estimate of drug-likeness (QED) is 0.260. The van der Waals surface area contributed by atoms with Crippen LogP contribution in [0.4, 0.5) is 0 Å². The molecule has 0 saturated carbocycles. The number of pyridine rings is 1. The van der Waals surface area contributed by atoms with Gasteiger partial charge in [0.05, 0.1) is 10.8 Å². The molecule has 0 bridgehead atoms. The van der Waals surface area contributed by atoms with Crippen molar-refractivity contribution in [2.24, 2.45) is 7.05 Å². The molecule has 0 saturated heterocycles. The maximum atomic E-state index is 2.30. The van der Waals surface area contributed by atoms with Gasteiger partial charge >= 0.3 is 0 Å². The first-order valence-corrected chi connectivity index (χ1v) is 7.21. The predicted octanol–water partition coefficient (Wildman–Crippen LogP) is 1.49. The van der Waals surface area contributed by atoms with Crippen molar-refractivity contribution in [3.8, 4) is 11.3 Å². The lowest BCUT2D eigenvalue weighted by Gasteiger charge is -2.09. The standard InChI is InChI=1S/C20H16N.HI/c1-21-19-14-8-7-12-17(19)16-11-5-6-13-18(16)20(21)15-9-3-2-4-10-15;/h2-14H,1H3;1H/q+1;/p-1. The van der Waals surface area contributed by atoms with Crippen LogP contribution in [-0.4, -0.2) is 0 Å². The van der Waals surface area contributed by atoms with E-state index < -0.39 is 0 Å². The predicted molar refractivity (Wildman–Crippen MR) is 88.1 cm³/mol. The molecule has 22 heavy (non-hydrogen) atoms. The molecule has 1 aromatic heterocycles. The van der Waals surface area contributed by atoms with Gasteiger partial charge in [-0.05, 0) is 24.3 Å². The molecule has 2 heteroatoms. The lowest BCUT2D eigenvalue weighted by Crippen LogP contribution is -3.00. The molecule has 1 heterocycles. The molecule has 0 unspecified atom stereocenters. The molecule has 4 aromatic rings. The molecule has 1 nitrogen and oxygen atoms in total. The van der Waals surface area contributed by atoms with Crippen molar-refractivity contribution in [3.63, 3.8) is 0 Å². The zero-order valence-electron chi connectivity index (χ0n) is 12.3. The molecule has 0 atom stereocenters. The molecule has 0 aliphatic rings. The molecule has 0 spiro atoms. The van der Waals surface area contributed by atoms with Crippen LogP contribution in [0.15, 0.2) is 78.9 Å². The second kappa shape index (κ2) is 6.05. The van der Waals surface area contributed by atoms with Crippen LogP contribution in [0.25, 0.3) is 32.9 Å². The first kappa shape index (κ1) is 15.0. The highest BCUT2D eigenvalue weighted by molar-refractivity contribution is 6.08. The summed E-state index contributed by atoms with van der Waals surface area (Å²) in [5.74, 6) is 0. The van der Waals surface area contributed by atoms with Gasteiger partial charge in [0.1, 0.15) is 7.05 Å². The summed E-state index contributed by atoms with van der Waals surface area (Å²) in [6.07, 6.45) is 0. The van der Waals surface area contributed by atoms with Gasteiger partial charge in [-0.2, -0.15) is 4.57 Å². The van der Waals surface area contributed by atoms with Crippen molar-refractivity contribution in [1.29, 1.82) is 0 Å². The van der Waals surface area contributed by atoms with Crippen LogP contribution in [0.2, 0.25) is 0 Å². The molecule has 4 rings (SSSR count). The second-order valence-electron chi connectivity index (χ2n) is 5.34. The maximum Gasteiger partial charge on any atom is 0.220 e. The minimum atomic E-state index is 0. The van der Waals surface area contributed by atoms with E-state index >= 15 is 0 Å². The topological polar surface area (TPSA) is 3.88 Å². The molecule has 0 radical (unpaired) electrons. The van der Waals surface area contributed by atoms with Crippen LogP contribution in [0, 0.1) is 0 Å². The van der Waals surface area contributed by atoms with Crippen LogP contribution < -0.4 is 28.5 Å². The smallest absolute Gasteiger partial charge is 0.220 e. The van der Waals surface area contributed by atoms with Gasteiger partial charge in [0, 0.05) is 17.0 Å². The highest BCUT2D eigenvalue weighted by Crippen LogP contribution is 2.30. The highest BCUT2D eigenvalue weighted by atomic mass is 127. The fourth-order valence-corrected chi connectivity index (χ4v) is 3.16. The third kappa shape index (κ3) is 2.28. The molecule has 108 valence electrons. The average molecular weight is 397 g/mol. The zero-order chi connectivity index (χ0) is 14.2. The van der Waals surface area contributed by atoms with E-state index in [4.69, 9.17) is 0 Å². The van der Waals surface area contributed by atoms with E-state index in [1.54, 1.807) is 0 Å². The maximum absolute atomic E-state index is 2.30. The Kier molecular flexibility index (Phi) is 4.12. The Labute approximate surface area is 147 Å². The highest BCUT2D eigenvalue weighted by Gasteiger charge is 2.19. The Morgan fingerprint density at radius 3 is 1.86 bits per heavy atom. The third-order valence-electron chi connectivity index (χ3n) is 4.12. The summed E-state index contributed by atoms with van der Waals surface area (Å²) in [7, 11) is 2.15. The summed E-state index contributed by atoms with van der Waals surface area (Å²) < 4.78 is 2.30. The summed E-state index contributed by atoms with van der Waals surface area (Å²) in [5, 5.41) is 3.91. The Hall–Kier alpha value is -1.94. The van der Waals surface area contributed by atoms with E-state index in [0.717, 1.165) is 0 Å². The Bertz CT molecular complexity index is 946. The summed E-state index contributed by atoms with van der Waals surface area (Å²) >= 11 is 0. The minimum absolute atomic E-state index is 0. The number of hydrogen-bond acceptors (Lipinski definition) is 0. The van der Waals surface area contributed by atoms with Gasteiger partial charge in [-0.3, -0.25) is 0 Å². The molecule has 3 aromatic carbocycles. The number of para-hydroxylation sites is 1. The summed E-state index contributed by atoms with van der Waals surface area (Å²) in [5.41, 5.74) is 3.78. The van der Waals surface area contributed by atoms with E-state index in [2.05, 4.69) is 90.5 Å². The molecule has 0 aliphatic carbocycles. The van der Waals surface area contributed by atoms with Gasteiger partial charge in [-0.1, -0.05) is 48.5 Å². The molecule has 0 amide bonds. The number of halogens is 1. The first-order valence-electron chi connectivity index (χ1n) is 7.21. The van der Waals surface area contributed by atoms with E-state index in [1.807, 2.05) is 0 Å². The Morgan fingerprint density at radius 1 is 0.591 bits per heavy atom.